The van der Waals surface area contributed by atoms with Gasteiger partial charge in [-0.1, -0.05) is 18.5 Å². The van der Waals surface area contributed by atoms with E-state index in [4.69, 9.17) is 16.3 Å². The molecular formula is C15H21ClN2O2. The molecule has 0 unspecified atom stereocenters. The van der Waals surface area contributed by atoms with Gasteiger partial charge in [-0.3, -0.25) is 4.79 Å². The highest BCUT2D eigenvalue weighted by atomic mass is 35.5. The van der Waals surface area contributed by atoms with Crippen LogP contribution in [0.4, 0.5) is 0 Å². The first kappa shape index (κ1) is 15.1. The number of amides is 1. The SMILES string of the molecule is CCN1CCCN(C(=O)COc2ccc(Cl)cc2)CC1. The minimum absolute atomic E-state index is 0.0536. The molecule has 1 fully saturated rings. The van der Waals surface area contributed by atoms with Gasteiger partial charge in [0.25, 0.3) is 5.91 Å². The van der Waals surface area contributed by atoms with Crippen LogP contribution in [0.5, 0.6) is 5.75 Å². The molecule has 0 saturated carbocycles. The molecule has 1 heterocycles. The second kappa shape index (κ2) is 7.50. The number of ether oxygens (including phenoxy) is 1. The van der Waals surface area contributed by atoms with E-state index in [-0.39, 0.29) is 12.5 Å². The fourth-order valence-electron chi connectivity index (χ4n) is 2.30. The van der Waals surface area contributed by atoms with Crippen LogP contribution in [0.15, 0.2) is 24.3 Å². The molecule has 0 aliphatic carbocycles. The summed E-state index contributed by atoms with van der Waals surface area (Å²) in [4.78, 5) is 16.4. The van der Waals surface area contributed by atoms with E-state index in [0.29, 0.717) is 10.8 Å². The molecule has 1 aliphatic heterocycles. The Morgan fingerprint density at radius 3 is 2.65 bits per heavy atom. The summed E-state index contributed by atoms with van der Waals surface area (Å²) in [5.41, 5.74) is 0. The maximum atomic E-state index is 12.1. The van der Waals surface area contributed by atoms with Crippen LogP contribution >= 0.6 is 11.6 Å². The largest absolute Gasteiger partial charge is 0.484 e. The number of halogens is 1. The van der Waals surface area contributed by atoms with Crippen molar-refractivity contribution in [3.05, 3.63) is 29.3 Å². The van der Waals surface area contributed by atoms with E-state index in [0.717, 1.165) is 39.1 Å². The van der Waals surface area contributed by atoms with Crippen molar-refractivity contribution in [2.45, 2.75) is 13.3 Å². The van der Waals surface area contributed by atoms with Crippen molar-refractivity contribution >= 4 is 17.5 Å². The number of hydrogen-bond donors (Lipinski definition) is 0. The van der Waals surface area contributed by atoms with Crippen molar-refractivity contribution in [2.75, 3.05) is 39.3 Å². The van der Waals surface area contributed by atoms with Crippen LogP contribution in [0.2, 0.25) is 5.02 Å². The van der Waals surface area contributed by atoms with Gasteiger partial charge in [-0.25, -0.2) is 0 Å². The third-order valence-electron chi connectivity index (χ3n) is 3.56. The summed E-state index contributed by atoms with van der Waals surface area (Å²) >= 11 is 5.81. The quantitative estimate of drug-likeness (QED) is 0.854. The first-order valence-electron chi connectivity index (χ1n) is 7.07. The summed E-state index contributed by atoms with van der Waals surface area (Å²) in [5.74, 6) is 0.727. The van der Waals surface area contributed by atoms with Crippen LogP contribution < -0.4 is 4.74 Å². The molecule has 0 spiro atoms. The molecule has 4 nitrogen and oxygen atoms in total. The second-order valence-corrected chi connectivity index (χ2v) is 5.35. The number of hydrogen-bond acceptors (Lipinski definition) is 3. The Bertz CT molecular complexity index is 436. The fourth-order valence-corrected chi connectivity index (χ4v) is 2.43. The Morgan fingerprint density at radius 1 is 1.20 bits per heavy atom. The number of benzene rings is 1. The topological polar surface area (TPSA) is 32.8 Å². The summed E-state index contributed by atoms with van der Waals surface area (Å²) in [6, 6.07) is 7.06. The molecule has 5 heteroatoms. The van der Waals surface area contributed by atoms with Crippen LogP contribution in [-0.4, -0.2) is 55.0 Å². The molecule has 1 amide bonds. The first-order valence-corrected chi connectivity index (χ1v) is 7.45. The number of carbonyl (C=O) groups excluding carboxylic acids is 1. The van der Waals surface area contributed by atoms with Crippen LogP contribution in [-0.2, 0) is 4.79 Å². The van der Waals surface area contributed by atoms with E-state index in [1.165, 1.54) is 0 Å². The summed E-state index contributed by atoms with van der Waals surface area (Å²) in [5, 5.41) is 0.663. The Morgan fingerprint density at radius 2 is 1.95 bits per heavy atom. The van der Waals surface area contributed by atoms with Gasteiger partial charge >= 0.3 is 0 Å². The first-order chi connectivity index (χ1) is 9.69. The fraction of sp³-hybridized carbons (Fsp3) is 0.533. The second-order valence-electron chi connectivity index (χ2n) is 4.91. The molecular weight excluding hydrogens is 276 g/mol. The van der Waals surface area contributed by atoms with E-state index < -0.39 is 0 Å². The Kier molecular flexibility index (Phi) is 5.68. The third-order valence-corrected chi connectivity index (χ3v) is 3.82. The Labute approximate surface area is 125 Å². The van der Waals surface area contributed by atoms with Gasteiger partial charge in [0.05, 0.1) is 0 Å². The van der Waals surface area contributed by atoms with E-state index in [1.54, 1.807) is 24.3 Å². The molecule has 20 heavy (non-hydrogen) atoms. The Balaban J connectivity index is 1.81. The molecule has 1 saturated heterocycles. The van der Waals surface area contributed by atoms with Crippen molar-refractivity contribution in [3.8, 4) is 5.75 Å². The summed E-state index contributed by atoms with van der Waals surface area (Å²) in [7, 11) is 0. The van der Waals surface area contributed by atoms with E-state index in [9.17, 15) is 4.79 Å². The molecule has 0 N–H and O–H groups in total. The van der Waals surface area contributed by atoms with Gasteiger partial charge in [-0.05, 0) is 43.8 Å². The highest BCUT2D eigenvalue weighted by Crippen LogP contribution is 2.15. The van der Waals surface area contributed by atoms with Crippen LogP contribution in [0.25, 0.3) is 0 Å². The summed E-state index contributed by atoms with van der Waals surface area (Å²) in [6.07, 6.45) is 1.03. The lowest BCUT2D eigenvalue weighted by Gasteiger charge is -2.21. The smallest absolute Gasteiger partial charge is 0.260 e. The lowest BCUT2D eigenvalue weighted by atomic mass is 10.3. The average Bonchev–Trinajstić information content (AvgIpc) is 2.72. The molecule has 0 aromatic heterocycles. The van der Waals surface area contributed by atoms with Crippen molar-refractivity contribution in [1.29, 1.82) is 0 Å². The van der Waals surface area contributed by atoms with Crippen molar-refractivity contribution < 1.29 is 9.53 Å². The van der Waals surface area contributed by atoms with Gasteiger partial charge in [0.1, 0.15) is 5.75 Å². The average molecular weight is 297 g/mol. The molecule has 1 aromatic rings. The molecule has 1 aliphatic rings. The number of rotatable bonds is 4. The van der Waals surface area contributed by atoms with Gasteiger partial charge in [0, 0.05) is 24.7 Å². The van der Waals surface area contributed by atoms with Gasteiger partial charge in [0.2, 0.25) is 0 Å². The van der Waals surface area contributed by atoms with Gasteiger partial charge < -0.3 is 14.5 Å². The highest BCUT2D eigenvalue weighted by Gasteiger charge is 2.18. The zero-order chi connectivity index (χ0) is 14.4. The van der Waals surface area contributed by atoms with Crippen molar-refractivity contribution in [2.24, 2.45) is 0 Å². The van der Waals surface area contributed by atoms with E-state index in [2.05, 4.69) is 11.8 Å². The summed E-state index contributed by atoms with van der Waals surface area (Å²) in [6.45, 7) is 6.91. The highest BCUT2D eigenvalue weighted by molar-refractivity contribution is 6.30. The molecule has 0 atom stereocenters. The molecule has 2 rings (SSSR count). The summed E-state index contributed by atoms with van der Waals surface area (Å²) < 4.78 is 5.51. The van der Waals surface area contributed by atoms with E-state index in [1.807, 2.05) is 4.90 Å². The van der Waals surface area contributed by atoms with Crippen LogP contribution in [0.3, 0.4) is 0 Å². The number of carbonyl (C=O) groups is 1. The molecule has 0 radical (unpaired) electrons. The number of likely N-dealkylation sites (N-methyl/N-ethyl adjacent to an activating group) is 1. The normalized spacial score (nSPS) is 16.8. The Hall–Kier alpha value is -1.26. The molecule has 1 aromatic carbocycles. The van der Waals surface area contributed by atoms with Gasteiger partial charge in [0.15, 0.2) is 6.61 Å². The van der Waals surface area contributed by atoms with Crippen LogP contribution in [0.1, 0.15) is 13.3 Å². The van der Waals surface area contributed by atoms with Crippen molar-refractivity contribution in [1.82, 2.24) is 9.80 Å². The standard InChI is InChI=1S/C15H21ClN2O2/c1-2-17-8-3-9-18(11-10-17)15(19)12-20-14-6-4-13(16)5-7-14/h4-7H,2-3,8-12H2,1H3. The molecule has 0 bridgehead atoms. The van der Waals surface area contributed by atoms with Gasteiger partial charge in [-0.15, -0.1) is 0 Å². The van der Waals surface area contributed by atoms with Crippen molar-refractivity contribution in [3.63, 3.8) is 0 Å². The molecule has 110 valence electrons. The number of nitrogens with zero attached hydrogens (tertiary/aromatic N) is 2. The third kappa shape index (κ3) is 4.39. The minimum atomic E-state index is 0.0536. The van der Waals surface area contributed by atoms with E-state index >= 15 is 0 Å². The predicted octanol–water partition coefficient (Wildman–Crippen LogP) is 2.27. The van der Waals surface area contributed by atoms with Gasteiger partial charge in [-0.2, -0.15) is 0 Å². The van der Waals surface area contributed by atoms with Crippen LogP contribution in [0, 0.1) is 0 Å². The monoisotopic (exact) mass is 296 g/mol. The predicted molar refractivity (Wildman–Crippen MR) is 80.3 cm³/mol. The maximum Gasteiger partial charge on any atom is 0.260 e. The zero-order valence-electron chi connectivity index (χ0n) is 11.8. The maximum absolute atomic E-state index is 12.1. The zero-order valence-corrected chi connectivity index (χ0v) is 12.6. The minimum Gasteiger partial charge on any atom is -0.484 e. The lowest BCUT2D eigenvalue weighted by molar-refractivity contribution is -0.133. The lowest BCUT2D eigenvalue weighted by Crippen LogP contribution is -2.38.